The molecule has 0 bridgehead atoms. The molecule has 0 spiro atoms. The van der Waals surface area contributed by atoms with Crippen LogP contribution in [-0.2, 0) is 0 Å². The third-order valence-corrected chi connectivity index (χ3v) is 4.49. The van der Waals surface area contributed by atoms with E-state index < -0.39 is 0 Å². The highest BCUT2D eigenvalue weighted by Crippen LogP contribution is 2.39. The first-order chi connectivity index (χ1) is 7.20. The fourth-order valence-corrected chi connectivity index (χ4v) is 3.45. The van der Waals surface area contributed by atoms with Crippen LogP contribution < -0.4 is 10.1 Å². The van der Waals surface area contributed by atoms with Crippen molar-refractivity contribution in [3.63, 3.8) is 0 Å². The summed E-state index contributed by atoms with van der Waals surface area (Å²) < 4.78 is 6.38. The van der Waals surface area contributed by atoms with Crippen molar-refractivity contribution in [2.24, 2.45) is 0 Å². The lowest BCUT2D eigenvalue weighted by Crippen LogP contribution is -2.14. The molecule has 0 radical (unpaired) electrons. The Labute approximate surface area is 103 Å². The maximum Gasteiger partial charge on any atom is 0.119 e. The van der Waals surface area contributed by atoms with E-state index in [0.29, 0.717) is 10.6 Å². The monoisotopic (exact) mass is 287 g/mol. The molecule has 2 unspecified atom stereocenters. The van der Waals surface area contributed by atoms with Gasteiger partial charge in [-0.25, -0.2) is 0 Å². The first-order valence-electron chi connectivity index (χ1n) is 4.93. The van der Waals surface area contributed by atoms with Gasteiger partial charge >= 0.3 is 0 Å². The Bertz CT molecular complexity index is 358. The van der Waals surface area contributed by atoms with E-state index in [-0.39, 0.29) is 0 Å². The number of benzene rings is 1. The molecular formula is C11H14BrNOS. The lowest BCUT2D eigenvalue weighted by atomic mass is 10.2. The summed E-state index contributed by atoms with van der Waals surface area (Å²) >= 11 is 5.54. The van der Waals surface area contributed by atoms with Crippen LogP contribution in [0.1, 0.15) is 17.9 Å². The first kappa shape index (κ1) is 11.3. The van der Waals surface area contributed by atoms with Crippen molar-refractivity contribution in [3.05, 3.63) is 28.2 Å². The van der Waals surface area contributed by atoms with E-state index in [4.69, 9.17) is 4.74 Å². The Morgan fingerprint density at radius 3 is 2.93 bits per heavy atom. The van der Waals surface area contributed by atoms with Gasteiger partial charge in [0.2, 0.25) is 0 Å². The molecule has 0 saturated carbocycles. The van der Waals surface area contributed by atoms with E-state index in [1.807, 2.05) is 23.9 Å². The largest absolute Gasteiger partial charge is 0.497 e. The summed E-state index contributed by atoms with van der Waals surface area (Å²) in [5.41, 5.74) is 1.27. The molecule has 1 fully saturated rings. The molecule has 82 valence electrons. The minimum absolute atomic E-state index is 0.379. The van der Waals surface area contributed by atoms with Crippen LogP contribution in [0.15, 0.2) is 22.7 Å². The van der Waals surface area contributed by atoms with E-state index in [1.54, 1.807) is 7.11 Å². The second-order valence-corrected chi connectivity index (χ2v) is 6.03. The number of hydrogen-bond donors (Lipinski definition) is 1. The summed E-state index contributed by atoms with van der Waals surface area (Å²) in [5, 5.41) is 4.55. The lowest BCUT2D eigenvalue weighted by Gasteiger charge is -2.13. The van der Waals surface area contributed by atoms with Gasteiger partial charge < -0.3 is 10.1 Å². The summed E-state index contributed by atoms with van der Waals surface area (Å²) in [4.78, 5) is 0. The number of methoxy groups -OCH3 is 1. The van der Waals surface area contributed by atoms with Gasteiger partial charge in [0, 0.05) is 16.3 Å². The lowest BCUT2D eigenvalue weighted by molar-refractivity contribution is 0.414. The average molecular weight is 288 g/mol. The zero-order chi connectivity index (χ0) is 10.8. The molecule has 1 saturated heterocycles. The molecule has 2 atom stereocenters. The van der Waals surface area contributed by atoms with E-state index in [1.165, 1.54) is 5.56 Å². The molecule has 0 aromatic heterocycles. The van der Waals surface area contributed by atoms with Gasteiger partial charge in [0.05, 0.1) is 12.5 Å². The number of rotatable bonds is 2. The summed E-state index contributed by atoms with van der Waals surface area (Å²) in [5.74, 6) is 0.912. The molecule has 1 aromatic carbocycles. The normalized spacial score (nSPS) is 25.5. The van der Waals surface area contributed by atoms with Crippen molar-refractivity contribution in [3.8, 4) is 5.75 Å². The van der Waals surface area contributed by atoms with E-state index in [0.717, 1.165) is 16.8 Å². The van der Waals surface area contributed by atoms with Gasteiger partial charge in [-0.1, -0.05) is 22.9 Å². The second kappa shape index (κ2) is 4.76. The number of thioether (sulfide) groups is 1. The van der Waals surface area contributed by atoms with Crippen molar-refractivity contribution < 1.29 is 4.74 Å². The summed E-state index contributed by atoms with van der Waals surface area (Å²) in [6.07, 6.45) is 0. The molecule has 1 N–H and O–H groups in total. The fourth-order valence-electron chi connectivity index (χ4n) is 1.63. The van der Waals surface area contributed by atoms with Crippen LogP contribution >= 0.6 is 27.7 Å². The van der Waals surface area contributed by atoms with Crippen molar-refractivity contribution in [1.29, 1.82) is 0 Å². The highest BCUT2D eigenvalue weighted by molar-refractivity contribution is 9.10. The van der Waals surface area contributed by atoms with Gasteiger partial charge in [-0.05, 0) is 23.8 Å². The Hall–Kier alpha value is -0.190. The molecule has 2 rings (SSSR count). The predicted octanol–water partition coefficient (Wildman–Crippen LogP) is 3.18. The first-order valence-corrected chi connectivity index (χ1v) is 6.66. The number of nitrogens with one attached hydrogen (secondary N) is 1. The van der Waals surface area contributed by atoms with E-state index >= 15 is 0 Å². The van der Waals surface area contributed by atoms with Gasteiger partial charge in [0.15, 0.2) is 0 Å². The molecule has 1 heterocycles. The summed E-state index contributed by atoms with van der Waals surface area (Å²) in [7, 11) is 1.70. The maximum absolute atomic E-state index is 5.24. The van der Waals surface area contributed by atoms with Crippen LogP contribution in [0.4, 0.5) is 0 Å². The molecular weight excluding hydrogens is 274 g/mol. The minimum Gasteiger partial charge on any atom is -0.497 e. The Morgan fingerprint density at radius 2 is 2.33 bits per heavy atom. The molecule has 0 aliphatic carbocycles. The van der Waals surface area contributed by atoms with Gasteiger partial charge in [-0.3, -0.25) is 0 Å². The van der Waals surface area contributed by atoms with E-state index in [9.17, 15) is 0 Å². The second-order valence-electron chi connectivity index (χ2n) is 3.62. The van der Waals surface area contributed by atoms with Crippen LogP contribution in [0.2, 0.25) is 0 Å². The third kappa shape index (κ3) is 2.49. The smallest absolute Gasteiger partial charge is 0.119 e. The number of hydrogen-bond acceptors (Lipinski definition) is 3. The van der Waals surface area contributed by atoms with Crippen molar-refractivity contribution in [2.75, 3.05) is 13.7 Å². The van der Waals surface area contributed by atoms with Crippen molar-refractivity contribution in [1.82, 2.24) is 5.32 Å². The van der Waals surface area contributed by atoms with E-state index in [2.05, 4.69) is 34.2 Å². The average Bonchev–Trinajstić information content (AvgIpc) is 2.65. The highest BCUT2D eigenvalue weighted by Gasteiger charge is 2.24. The molecule has 0 amide bonds. The standard InChI is InChI=1S/C11H14BrNOS/c1-7-6-13-11(15-7)9-5-8(14-2)3-4-10(9)12/h3-5,7,11,13H,6H2,1-2H3. The van der Waals surface area contributed by atoms with Gasteiger partial charge in [-0.2, -0.15) is 0 Å². The maximum atomic E-state index is 5.24. The third-order valence-electron chi connectivity index (χ3n) is 2.44. The molecule has 15 heavy (non-hydrogen) atoms. The van der Waals surface area contributed by atoms with Gasteiger partial charge in [-0.15, -0.1) is 11.8 Å². The van der Waals surface area contributed by atoms with Crippen LogP contribution in [0.25, 0.3) is 0 Å². The molecule has 1 aromatic rings. The Balaban J connectivity index is 2.26. The van der Waals surface area contributed by atoms with Crippen LogP contribution in [0, 0.1) is 0 Å². The van der Waals surface area contributed by atoms with Gasteiger partial charge in [0.1, 0.15) is 5.75 Å². The highest BCUT2D eigenvalue weighted by atomic mass is 79.9. The predicted molar refractivity (Wildman–Crippen MR) is 68.5 cm³/mol. The molecule has 1 aliphatic rings. The summed E-state index contributed by atoms with van der Waals surface area (Å²) in [6.45, 7) is 3.31. The molecule has 4 heteroatoms. The van der Waals surface area contributed by atoms with Gasteiger partial charge in [0.25, 0.3) is 0 Å². The number of ether oxygens (including phenoxy) is 1. The SMILES string of the molecule is COc1ccc(Br)c(C2NCC(C)S2)c1. The molecule has 1 aliphatic heterocycles. The zero-order valence-corrected chi connectivity index (χ0v) is 11.2. The van der Waals surface area contributed by atoms with Crippen LogP contribution in [0.3, 0.4) is 0 Å². The topological polar surface area (TPSA) is 21.3 Å². The summed E-state index contributed by atoms with van der Waals surface area (Å²) in [6, 6.07) is 6.10. The van der Waals surface area contributed by atoms with Crippen LogP contribution in [-0.4, -0.2) is 18.9 Å². The van der Waals surface area contributed by atoms with Crippen molar-refractivity contribution >= 4 is 27.7 Å². The van der Waals surface area contributed by atoms with Crippen LogP contribution in [0.5, 0.6) is 5.75 Å². The zero-order valence-electron chi connectivity index (χ0n) is 8.79. The number of halogens is 1. The van der Waals surface area contributed by atoms with Crippen molar-refractivity contribution in [2.45, 2.75) is 17.5 Å². The fraction of sp³-hybridized carbons (Fsp3) is 0.455. The quantitative estimate of drug-likeness (QED) is 0.903. The minimum atomic E-state index is 0.379. The Morgan fingerprint density at radius 1 is 1.53 bits per heavy atom. The molecule has 2 nitrogen and oxygen atoms in total. The Kier molecular flexibility index (Phi) is 3.59.